The third kappa shape index (κ3) is 3.28. The minimum Gasteiger partial charge on any atom is -0.314 e. The summed E-state index contributed by atoms with van der Waals surface area (Å²) in [6.45, 7) is 4.15. The average Bonchev–Trinajstić information content (AvgIpc) is 2.38. The Bertz CT molecular complexity index is 445. The summed E-state index contributed by atoms with van der Waals surface area (Å²) in [4.78, 5) is 2.50. The normalized spacial score (nSPS) is 21.9. The summed E-state index contributed by atoms with van der Waals surface area (Å²) in [7, 11) is 0. The molecule has 5 heteroatoms. The molecule has 2 nitrogen and oxygen atoms in total. The third-order valence-corrected chi connectivity index (χ3v) is 4.73. The Balaban J connectivity index is 0.00000147. The molecule has 1 heterocycles. The van der Waals surface area contributed by atoms with E-state index in [1.54, 1.807) is 12.1 Å². The Morgan fingerprint density at radius 3 is 2.50 bits per heavy atom. The third-order valence-electron chi connectivity index (χ3n) is 4.43. The van der Waals surface area contributed by atoms with Crippen LogP contribution in [0.1, 0.15) is 30.9 Å². The molecule has 2 fully saturated rings. The van der Waals surface area contributed by atoms with Crippen molar-refractivity contribution in [2.75, 3.05) is 26.2 Å². The van der Waals surface area contributed by atoms with Gasteiger partial charge in [0.1, 0.15) is 5.82 Å². The van der Waals surface area contributed by atoms with Crippen LogP contribution in [0, 0.1) is 11.7 Å². The van der Waals surface area contributed by atoms with Crippen molar-refractivity contribution in [1.29, 1.82) is 0 Å². The highest BCUT2D eigenvalue weighted by Crippen LogP contribution is 2.41. The van der Waals surface area contributed by atoms with E-state index in [1.165, 1.54) is 19.3 Å². The number of nitrogens with one attached hydrogen (secondary N) is 1. The summed E-state index contributed by atoms with van der Waals surface area (Å²) in [6.07, 6.45) is 3.83. The van der Waals surface area contributed by atoms with Gasteiger partial charge in [0.15, 0.2) is 0 Å². The van der Waals surface area contributed by atoms with Gasteiger partial charge in [0.2, 0.25) is 0 Å². The number of hydrogen-bond donors (Lipinski definition) is 1. The summed E-state index contributed by atoms with van der Waals surface area (Å²) < 4.78 is 13.7. The lowest BCUT2D eigenvalue weighted by molar-refractivity contribution is 0.0835. The van der Waals surface area contributed by atoms with Crippen LogP contribution in [-0.4, -0.2) is 31.1 Å². The van der Waals surface area contributed by atoms with Gasteiger partial charge in [0.05, 0.1) is 5.02 Å². The van der Waals surface area contributed by atoms with Crippen LogP contribution in [0.25, 0.3) is 0 Å². The van der Waals surface area contributed by atoms with Gasteiger partial charge in [0.25, 0.3) is 0 Å². The minimum atomic E-state index is -0.293. The van der Waals surface area contributed by atoms with Crippen molar-refractivity contribution in [3.63, 3.8) is 0 Å². The number of nitrogens with zero attached hydrogens (tertiary/aromatic N) is 1. The lowest BCUT2D eigenvalue weighted by Crippen LogP contribution is -2.47. The Hall–Kier alpha value is -0.350. The van der Waals surface area contributed by atoms with Gasteiger partial charge in [0, 0.05) is 32.2 Å². The van der Waals surface area contributed by atoms with E-state index in [9.17, 15) is 4.39 Å². The molecule has 0 bridgehead atoms. The molecule has 0 amide bonds. The lowest BCUT2D eigenvalue weighted by Gasteiger charge is -2.43. The van der Waals surface area contributed by atoms with Gasteiger partial charge in [-0.1, -0.05) is 24.1 Å². The van der Waals surface area contributed by atoms with Gasteiger partial charge in [-0.3, -0.25) is 4.90 Å². The highest BCUT2D eigenvalue weighted by atomic mass is 35.5. The maximum atomic E-state index is 13.7. The van der Waals surface area contributed by atoms with Gasteiger partial charge in [-0.05, 0) is 36.5 Å². The van der Waals surface area contributed by atoms with Crippen molar-refractivity contribution in [3.8, 4) is 0 Å². The summed E-state index contributed by atoms with van der Waals surface area (Å²) in [5, 5.41) is 3.60. The average molecular weight is 319 g/mol. The van der Waals surface area contributed by atoms with E-state index in [1.807, 2.05) is 6.07 Å². The first-order valence-electron chi connectivity index (χ1n) is 7.15. The lowest BCUT2D eigenvalue weighted by atomic mass is 9.76. The molecule has 20 heavy (non-hydrogen) atoms. The van der Waals surface area contributed by atoms with Crippen molar-refractivity contribution in [2.24, 2.45) is 5.92 Å². The Kier molecular flexibility index (Phi) is 5.67. The quantitative estimate of drug-likeness (QED) is 0.915. The van der Waals surface area contributed by atoms with Gasteiger partial charge < -0.3 is 5.32 Å². The Morgan fingerprint density at radius 2 is 1.95 bits per heavy atom. The van der Waals surface area contributed by atoms with E-state index >= 15 is 0 Å². The Labute approximate surface area is 131 Å². The number of hydrogen-bond acceptors (Lipinski definition) is 2. The highest BCUT2D eigenvalue weighted by molar-refractivity contribution is 6.30. The molecule has 1 aliphatic heterocycles. The molecular formula is C15H21Cl2FN2. The molecule has 1 saturated heterocycles. The molecule has 0 spiro atoms. The zero-order valence-electron chi connectivity index (χ0n) is 11.4. The second kappa shape index (κ2) is 7.08. The van der Waals surface area contributed by atoms with E-state index in [4.69, 9.17) is 11.6 Å². The molecule has 112 valence electrons. The van der Waals surface area contributed by atoms with E-state index in [0.29, 0.717) is 12.0 Å². The van der Waals surface area contributed by atoms with Crippen molar-refractivity contribution >= 4 is 24.0 Å². The number of piperazine rings is 1. The summed E-state index contributed by atoms with van der Waals surface area (Å²) in [5.41, 5.74) is 1.09. The van der Waals surface area contributed by atoms with Crippen LogP contribution >= 0.6 is 24.0 Å². The Morgan fingerprint density at radius 1 is 1.25 bits per heavy atom. The van der Waals surface area contributed by atoms with E-state index in [0.717, 1.165) is 31.7 Å². The molecule has 1 aromatic rings. The summed E-state index contributed by atoms with van der Waals surface area (Å²) in [6, 6.07) is 5.69. The van der Waals surface area contributed by atoms with E-state index in [2.05, 4.69) is 10.2 Å². The monoisotopic (exact) mass is 318 g/mol. The van der Waals surface area contributed by atoms with Crippen LogP contribution in [-0.2, 0) is 0 Å². The van der Waals surface area contributed by atoms with Crippen molar-refractivity contribution in [3.05, 3.63) is 34.6 Å². The fraction of sp³-hybridized carbons (Fsp3) is 0.600. The first-order valence-corrected chi connectivity index (χ1v) is 7.53. The first kappa shape index (κ1) is 16.0. The molecule has 2 aliphatic rings. The topological polar surface area (TPSA) is 15.3 Å². The van der Waals surface area contributed by atoms with Crippen molar-refractivity contribution in [1.82, 2.24) is 10.2 Å². The fourth-order valence-corrected chi connectivity index (χ4v) is 3.31. The van der Waals surface area contributed by atoms with Crippen molar-refractivity contribution < 1.29 is 4.39 Å². The van der Waals surface area contributed by atoms with E-state index < -0.39 is 0 Å². The summed E-state index contributed by atoms with van der Waals surface area (Å²) in [5.74, 6) is 0.386. The molecule has 0 radical (unpaired) electrons. The van der Waals surface area contributed by atoms with Crippen LogP contribution in [0.15, 0.2) is 18.2 Å². The maximum Gasteiger partial charge on any atom is 0.142 e. The fourth-order valence-electron chi connectivity index (χ4n) is 3.19. The van der Waals surface area contributed by atoms with Gasteiger partial charge in [-0.15, -0.1) is 12.4 Å². The molecule has 0 aromatic heterocycles. The molecule has 3 rings (SSSR count). The highest BCUT2D eigenvalue weighted by Gasteiger charge is 2.33. The number of benzene rings is 1. The second-order valence-corrected chi connectivity index (χ2v) is 6.00. The minimum absolute atomic E-state index is 0. The maximum absolute atomic E-state index is 13.7. The largest absolute Gasteiger partial charge is 0.314 e. The predicted octanol–water partition coefficient (Wildman–Crippen LogP) is 3.65. The van der Waals surface area contributed by atoms with Crippen molar-refractivity contribution in [2.45, 2.75) is 25.3 Å². The molecule has 1 atom stereocenters. The molecule has 1 saturated carbocycles. The zero-order chi connectivity index (χ0) is 13.2. The smallest absolute Gasteiger partial charge is 0.142 e. The van der Waals surface area contributed by atoms with Crippen LogP contribution in [0.5, 0.6) is 0 Å². The van der Waals surface area contributed by atoms with Crippen LogP contribution in [0.2, 0.25) is 5.02 Å². The molecule has 1 aromatic carbocycles. The second-order valence-electron chi connectivity index (χ2n) is 5.60. The number of halogens is 3. The van der Waals surface area contributed by atoms with Crippen LogP contribution < -0.4 is 5.32 Å². The van der Waals surface area contributed by atoms with E-state index in [-0.39, 0.29) is 23.2 Å². The SMILES string of the molecule is Cl.Fc1cc([C@H](C2CCC2)N2CCNCC2)ccc1Cl. The zero-order valence-corrected chi connectivity index (χ0v) is 13.0. The standard InChI is InChI=1S/C15H20ClFN2.ClH/c16-13-5-4-12(10-14(13)17)15(11-2-1-3-11)19-8-6-18-7-9-19;/h4-5,10-11,15,18H,1-3,6-9H2;1H/t15-;/m0./s1. The summed E-state index contributed by atoms with van der Waals surface area (Å²) >= 11 is 5.80. The predicted molar refractivity (Wildman–Crippen MR) is 83.2 cm³/mol. The molecule has 0 unspecified atom stereocenters. The van der Waals surface area contributed by atoms with Gasteiger partial charge in [-0.25, -0.2) is 4.39 Å². The molecule has 1 N–H and O–H groups in total. The van der Waals surface area contributed by atoms with Gasteiger partial charge >= 0.3 is 0 Å². The van der Waals surface area contributed by atoms with Crippen LogP contribution in [0.3, 0.4) is 0 Å². The molecule has 1 aliphatic carbocycles. The number of rotatable bonds is 3. The first-order chi connectivity index (χ1) is 9.25. The van der Waals surface area contributed by atoms with Gasteiger partial charge in [-0.2, -0.15) is 0 Å². The molecular weight excluding hydrogens is 298 g/mol. The van der Waals surface area contributed by atoms with Crippen LogP contribution in [0.4, 0.5) is 4.39 Å².